The van der Waals surface area contributed by atoms with E-state index in [-0.39, 0.29) is 23.9 Å². The van der Waals surface area contributed by atoms with Gasteiger partial charge in [0.05, 0.1) is 0 Å². The minimum Gasteiger partial charge on any atom is -0.339 e. The maximum absolute atomic E-state index is 12.6. The summed E-state index contributed by atoms with van der Waals surface area (Å²) in [4.78, 5) is 26.1. The molecule has 0 heterocycles. The first kappa shape index (κ1) is 19.0. The number of rotatable bonds is 5. The highest BCUT2D eigenvalue weighted by Crippen LogP contribution is 2.32. The van der Waals surface area contributed by atoms with E-state index in [0.29, 0.717) is 13.1 Å². The number of carbonyl (C=O) groups is 2. The molecule has 27 heavy (non-hydrogen) atoms. The van der Waals surface area contributed by atoms with Crippen LogP contribution in [-0.2, 0) is 17.8 Å². The second kappa shape index (κ2) is 8.25. The fraction of sp³-hybridized carbons (Fsp3) is 0.364. The van der Waals surface area contributed by atoms with Crippen molar-refractivity contribution in [2.45, 2.75) is 45.7 Å². The molecule has 3 rings (SSSR count). The Hall–Kier alpha value is -2.82. The predicted molar refractivity (Wildman–Crippen MR) is 108 cm³/mol. The lowest BCUT2D eigenvalue weighted by molar-refractivity contribution is -0.129. The molecule has 1 aliphatic carbocycles. The van der Waals surface area contributed by atoms with Gasteiger partial charge in [0, 0.05) is 37.7 Å². The molecule has 0 aromatic heterocycles. The number of nitrogens with one attached hydrogen (secondary N) is 2. The molecule has 0 saturated heterocycles. The van der Waals surface area contributed by atoms with Gasteiger partial charge < -0.3 is 15.5 Å². The van der Waals surface area contributed by atoms with Crippen molar-refractivity contribution in [1.29, 1.82) is 0 Å². The van der Waals surface area contributed by atoms with Crippen LogP contribution in [0.5, 0.6) is 0 Å². The van der Waals surface area contributed by atoms with Crippen molar-refractivity contribution >= 4 is 17.6 Å². The maximum atomic E-state index is 12.6. The molecule has 0 spiro atoms. The summed E-state index contributed by atoms with van der Waals surface area (Å²) in [6, 6.07) is 15.8. The Morgan fingerprint density at radius 3 is 2.52 bits per heavy atom. The molecule has 0 aliphatic heterocycles. The normalized spacial score (nSPS) is 17.9. The average Bonchev–Trinajstić information content (AvgIpc) is 2.96. The molecule has 2 N–H and O–H groups in total. The van der Waals surface area contributed by atoms with Gasteiger partial charge >= 0.3 is 6.03 Å². The Morgan fingerprint density at radius 2 is 1.81 bits per heavy atom. The molecule has 1 aliphatic rings. The van der Waals surface area contributed by atoms with Crippen molar-refractivity contribution in [2.24, 2.45) is 0 Å². The minimum absolute atomic E-state index is 0.0225. The summed E-state index contributed by atoms with van der Waals surface area (Å²) in [5, 5.41) is 6.08. The van der Waals surface area contributed by atoms with Crippen molar-refractivity contribution in [3.05, 3.63) is 65.2 Å². The van der Waals surface area contributed by atoms with Crippen LogP contribution in [0.3, 0.4) is 0 Å². The number of nitrogens with zero attached hydrogens (tertiary/aromatic N) is 1. The molecule has 0 fully saturated rings. The Bertz CT molecular complexity index is 834. The van der Waals surface area contributed by atoms with Gasteiger partial charge in [0.1, 0.15) is 0 Å². The van der Waals surface area contributed by atoms with Gasteiger partial charge in [0.2, 0.25) is 5.91 Å². The van der Waals surface area contributed by atoms with Crippen LogP contribution < -0.4 is 10.6 Å². The second-order valence-corrected chi connectivity index (χ2v) is 7.09. The number of carbonyl (C=O) groups excluding carboxylic acids is 2. The molecule has 5 heteroatoms. The Balaban J connectivity index is 1.66. The van der Waals surface area contributed by atoms with Gasteiger partial charge in [-0.2, -0.15) is 0 Å². The van der Waals surface area contributed by atoms with Gasteiger partial charge in [0.15, 0.2) is 0 Å². The van der Waals surface area contributed by atoms with E-state index >= 15 is 0 Å². The van der Waals surface area contributed by atoms with E-state index in [1.165, 1.54) is 11.1 Å². The van der Waals surface area contributed by atoms with Crippen LogP contribution in [0.25, 0.3) is 0 Å². The smallest absolute Gasteiger partial charge is 0.319 e. The fourth-order valence-corrected chi connectivity index (χ4v) is 3.73. The zero-order chi connectivity index (χ0) is 19.4. The molecule has 2 aromatic rings. The number of para-hydroxylation sites is 1. The first-order valence-corrected chi connectivity index (χ1v) is 9.48. The number of fused-ring (bicyclic) bond motifs is 1. The van der Waals surface area contributed by atoms with Gasteiger partial charge in [-0.3, -0.25) is 4.79 Å². The number of hydrogen-bond acceptors (Lipinski definition) is 2. The van der Waals surface area contributed by atoms with E-state index in [4.69, 9.17) is 0 Å². The highest BCUT2D eigenvalue weighted by atomic mass is 16.2. The molecular weight excluding hydrogens is 338 g/mol. The van der Waals surface area contributed by atoms with Crippen LogP contribution in [-0.4, -0.2) is 29.4 Å². The van der Waals surface area contributed by atoms with E-state index in [1.54, 1.807) is 11.8 Å². The molecule has 3 amide bonds. The monoisotopic (exact) mass is 365 g/mol. The zero-order valence-corrected chi connectivity index (χ0v) is 16.2. The van der Waals surface area contributed by atoms with Gasteiger partial charge in [0.25, 0.3) is 0 Å². The summed E-state index contributed by atoms with van der Waals surface area (Å²) >= 11 is 0. The van der Waals surface area contributed by atoms with Gasteiger partial charge in [-0.15, -0.1) is 0 Å². The molecule has 0 unspecified atom stereocenters. The van der Waals surface area contributed by atoms with E-state index in [1.807, 2.05) is 43.3 Å². The summed E-state index contributed by atoms with van der Waals surface area (Å²) in [6.07, 6.45) is 0.848. The Labute approximate surface area is 160 Å². The number of benzene rings is 2. The minimum atomic E-state index is -0.210. The average molecular weight is 365 g/mol. The van der Waals surface area contributed by atoms with Crippen molar-refractivity contribution < 1.29 is 9.59 Å². The summed E-state index contributed by atoms with van der Waals surface area (Å²) in [6.45, 7) is 6.77. The van der Waals surface area contributed by atoms with Gasteiger partial charge in [-0.25, -0.2) is 4.79 Å². The molecule has 142 valence electrons. The number of urea groups is 1. The number of anilines is 1. The second-order valence-electron chi connectivity index (χ2n) is 7.09. The van der Waals surface area contributed by atoms with Crippen molar-refractivity contribution in [2.75, 3.05) is 11.9 Å². The van der Waals surface area contributed by atoms with E-state index < -0.39 is 0 Å². The standard InChI is InChI=1S/C22H27N3O2/c1-4-25(16(3)26)14-18-10-6-8-12-20(18)23-22(27)24-21-13-17-9-5-7-11-19(17)15(21)2/h5-12,15,21H,4,13-14H2,1-3H3,(H2,23,24,27)/t15-,21+/m0/s1. The largest absolute Gasteiger partial charge is 0.339 e. The zero-order valence-electron chi connectivity index (χ0n) is 16.2. The van der Waals surface area contributed by atoms with Crippen LogP contribution in [0.2, 0.25) is 0 Å². The quantitative estimate of drug-likeness (QED) is 0.844. The first-order chi connectivity index (χ1) is 13.0. The van der Waals surface area contributed by atoms with Crippen LogP contribution in [0.4, 0.5) is 10.5 Å². The third kappa shape index (κ3) is 4.30. The highest BCUT2D eigenvalue weighted by molar-refractivity contribution is 5.90. The van der Waals surface area contributed by atoms with E-state index in [0.717, 1.165) is 17.7 Å². The molecule has 0 radical (unpaired) electrons. The maximum Gasteiger partial charge on any atom is 0.319 e. The van der Waals surface area contributed by atoms with Crippen molar-refractivity contribution in [1.82, 2.24) is 10.2 Å². The van der Waals surface area contributed by atoms with Crippen LogP contribution in [0, 0.1) is 0 Å². The topological polar surface area (TPSA) is 61.4 Å². The third-order valence-corrected chi connectivity index (χ3v) is 5.36. The lowest BCUT2D eigenvalue weighted by Gasteiger charge is -2.22. The van der Waals surface area contributed by atoms with Gasteiger partial charge in [-0.1, -0.05) is 49.4 Å². The lowest BCUT2D eigenvalue weighted by atomic mass is 10.0. The van der Waals surface area contributed by atoms with E-state index in [2.05, 4.69) is 29.7 Å². The third-order valence-electron chi connectivity index (χ3n) is 5.36. The Kier molecular flexibility index (Phi) is 5.79. The van der Waals surface area contributed by atoms with E-state index in [9.17, 15) is 9.59 Å². The molecule has 0 saturated carbocycles. The van der Waals surface area contributed by atoms with Gasteiger partial charge in [-0.05, 0) is 36.1 Å². The molecular formula is C22H27N3O2. The van der Waals surface area contributed by atoms with Crippen LogP contribution in [0.1, 0.15) is 43.4 Å². The van der Waals surface area contributed by atoms with Crippen LogP contribution in [0.15, 0.2) is 48.5 Å². The number of amides is 3. The number of hydrogen-bond donors (Lipinski definition) is 2. The highest BCUT2D eigenvalue weighted by Gasteiger charge is 2.29. The summed E-state index contributed by atoms with van der Waals surface area (Å²) in [5.41, 5.74) is 4.27. The summed E-state index contributed by atoms with van der Waals surface area (Å²) < 4.78 is 0. The van der Waals surface area contributed by atoms with Crippen molar-refractivity contribution in [3.8, 4) is 0 Å². The lowest BCUT2D eigenvalue weighted by Crippen LogP contribution is -2.40. The molecule has 0 bridgehead atoms. The summed E-state index contributed by atoms with van der Waals surface area (Å²) in [5.74, 6) is 0.310. The predicted octanol–water partition coefficient (Wildman–Crippen LogP) is 3.90. The molecule has 5 nitrogen and oxygen atoms in total. The fourth-order valence-electron chi connectivity index (χ4n) is 3.73. The SMILES string of the molecule is CCN(Cc1ccccc1NC(=O)N[C@@H]1Cc2ccccc2[C@@H]1C)C(C)=O. The summed E-state index contributed by atoms with van der Waals surface area (Å²) in [7, 11) is 0. The van der Waals surface area contributed by atoms with Crippen LogP contribution >= 0.6 is 0 Å². The molecule has 2 aromatic carbocycles. The molecule has 2 atom stereocenters. The Morgan fingerprint density at radius 1 is 1.11 bits per heavy atom. The van der Waals surface area contributed by atoms with Crippen molar-refractivity contribution in [3.63, 3.8) is 0 Å². The first-order valence-electron chi connectivity index (χ1n) is 9.48.